The van der Waals surface area contributed by atoms with Crippen molar-refractivity contribution in [3.8, 4) is 11.5 Å². The standard InChI is InChI=1S/C21H23Cl2NO4/c1-14(25)24-18(21(22)23)11-12-19(26)17-5-3-4-6-20(17)28-13-15-7-9-16(27-2)10-8-15/h3-10,18,21H,11-13H2,1-2H3,(H,24,25). The van der Waals surface area contributed by atoms with Crippen molar-refractivity contribution in [2.45, 2.75) is 37.3 Å². The smallest absolute Gasteiger partial charge is 0.217 e. The molecule has 1 atom stereocenters. The first-order chi connectivity index (χ1) is 13.4. The number of nitrogens with one attached hydrogen (secondary N) is 1. The highest BCUT2D eigenvalue weighted by Crippen LogP contribution is 2.23. The van der Waals surface area contributed by atoms with Gasteiger partial charge in [0.2, 0.25) is 5.91 Å². The Morgan fingerprint density at radius 3 is 2.36 bits per heavy atom. The number of halogens is 2. The van der Waals surface area contributed by atoms with E-state index < -0.39 is 10.9 Å². The van der Waals surface area contributed by atoms with E-state index in [1.54, 1.807) is 25.3 Å². The first kappa shape index (κ1) is 22.1. The number of ether oxygens (including phenoxy) is 2. The van der Waals surface area contributed by atoms with Crippen LogP contribution in [0, 0.1) is 0 Å². The van der Waals surface area contributed by atoms with Crippen LogP contribution < -0.4 is 14.8 Å². The summed E-state index contributed by atoms with van der Waals surface area (Å²) in [5, 5.41) is 2.66. The van der Waals surface area contributed by atoms with E-state index in [1.165, 1.54) is 6.92 Å². The lowest BCUT2D eigenvalue weighted by atomic mass is 10.0. The Labute approximate surface area is 174 Å². The van der Waals surface area contributed by atoms with E-state index >= 15 is 0 Å². The second-order valence-corrected chi connectivity index (χ2v) is 7.40. The highest BCUT2D eigenvalue weighted by molar-refractivity contribution is 6.44. The molecule has 0 bridgehead atoms. The third-order valence-electron chi connectivity index (χ3n) is 4.12. The normalized spacial score (nSPS) is 11.8. The number of hydrogen-bond acceptors (Lipinski definition) is 4. The van der Waals surface area contributed by atoms with Gasteiger partial charge in [0.1, 0.15) is 22.9 Å². The molecule has 1 amide bonds. The van der Waals surface area contributed by atoms with Crippen LogP contribution in [0.1, 0.15) is 35.7 Å². The molecule has 2 rings (SSSR count). The number of amides is 1. The van der Waals surface area contributed by atoms with E-state index in [1.807, 2.05) is 30.3 Å². The van der Waals surface area contributed by atoms with Gasteiger partial charge in [-0.1, -0.05) is 24.3 Å². The van der Waals surface area contributed by atoms with Crippen LogP contribution in [0.25, 0.3) is 0 Å². The van der Waals surface area contributed by atoms with Crippen LogP contribution in [0.3, 0.4) is 0 Å². The van der Waals surface area contributed by atoms with Gasteiger partial charge in [0, 0.05) is 13.3 Å². The molecule has 0 saturated heterocycles. The van der Waals surface area contributed by atoms with Gasteiger partial charge in [-0.3, -0.25) is 9.59 Å². The number of rotatable bonds is 10. The molecule has 0 aliphatic heterocycles. The molecule has 2 aromatic carbocycles. The van der Waals surface area contributed by atoms with Crippen molar-refractivity contribution in [1.82, 2.24) is 5.32 Å². The first-order valence-electron chi connectivity index (χ1n) is 8.84. The number of ketones is 1. The molecular weight excluding hydrogens is 401 g/mol. The van der Waals surface area contributed by atoms with Crippen LogP contribution in [0.15, 0.2) is 48.5 Å². The third-order valence-corrected chi connectivity index (χ3v) is 4.72. The van der Waals surface area contributed by atoms with E-state index in [4.69, 9.17) is 32.7 Å². The summed E-state index contributed by atoms with van der Waals surface area (Å²) in [5.41, 5.74) is 1.44. The molecule has 0 fully saturated rings. The average Bonchev–Trinajstić information content (AvgIpc) is 2.69. The molecule has 1 N–H and O–H groups in total. The number of Topliss-reactive ketones (excluding diaryl/α,β-unsaturated/α-hetero) is 1. The molecule has 0 heterocycles. The minimum absolute atomic E-state index is 0.102. The molecule has 2 aromatic rings. The largest absolute Gasteiger partial charge is 0.497 e. The fraction of sp³-hybridized carbons (Fsp3) is 0.333. The molecule has 0 saturated carbocycles. The summed E-state index contributed by atoms with van der Waals surface area (Å²) in [5.74, 6) is 0.930. The fourth-order valence-corrected chi connectivity index (χ4v) is 3.03. The second kappa shape index (κ2) is 10.9. The summed E-state index contributed by atoms with van der Waals surface area (Å²) >= 11 is 11.8. The van der Waals surface area contributed by atoms with E-state index in [0.29, 0.717) is 24.3 Å². The van der Waals surface area contributed by atoms with Crippen molar-refractivity contribution in [2.75, 3.05) is 7.11 Å². The van der Waals surface area contributed by atoms with Crippen molar-refractivity contribution in [1.29, 1.82) is 0 Å². The topological polar surface area (TPSA) is 64.6 Å². The summed E-state index contributed by atoms with van der Waals surface area (Å²) < 4.78 is 11.0. The van der Waals surface area contributed by atoms with E-state index in [2.05, 4.69) is 5.32 Å². The molecule has 0 spiro atoms. The van der Waals surface area contributed by atoms with Crippen molar-refractivity contribution >= 4 is 34.9 Å². The SMILES string of the molecule is COc1ccc(COc2ccccc2C(=O)CCC(NC(C)=O)C(Cl)Cl)cc1. The highest BCUT2D eigenvalue weighted by Gasteiger charge is 2.21. The number of alkyl halides is 2. The van der Waals surface area contributed by atoms with Crippen molar-refractivity contribution in [3.05, 3.63) is 59.7 Å². The van der Waals surface area contributed by atoms with E-state index in [-0.39, 0.29) is 18.1 Å². The van der Waals surface area contributed by atoms with Crippen LogP contribution in [-0.4, -0.2) is 29.7 Å². The van der Waals surface area contributed by atoms with Crippen LogP contribution in [0.2, 0.25) is 0 Å². The molecule has 5 nitrogen and oxygen atoms in total. The molecule has 0 radical (unpaired) electrons. The van der Waals surface area contributed by atoms with Gasteiger partial charge < -0.3 is 14.8 Å². The first-order valence-corrected chi connectivity index (χ1v) is 9.71. The minimum Gasteiger partial charge on any atom is -0.497 e. The molecular formula is C21H23Cl2NO4. The summed E-state index contributed by atoms with van der Waals surface area (Å²) in [4.78, 5) is 23.1. The summed E-state index contributed by atoms with van der Waals surface area (Å²) in [6, 6.07) is 14.1. The number of benzene rings is 2. The maximum Gasteiger partial charge on any atom is 0.217 e. The molecule has 1 unspecified atom stereocenters. The van der Waals surface area contributed by atoms with Gasteiger partial charge in [0.15, 0.2) is 5.78 Å². The Hall–Kier alpha value is -2.24. The van der Waals surface area contributed by atoms with Gasteiger partial charge in [-0.25, -0.2) is 0 Å². The Morgan fingerprint density at radius 1 is 1.07 bits per heavy atom. The zero-order valence-corrected chi connectivity index (χ0v) is 17.3. The molecule has 0 aliphatic carbocycles. The minimum atomic E-state index is -0.793. The molecule has 150 valence electrons. The number of carbonyl (C=O) groups excluding carboxylic acids is 2. The number of carbonyl (C=O) groups is 2. The van der Waals surface area contributed by atoms with Gasteiger partial charge in [0.05, 0.1) is 18.7 Å². The van der Waals surface area contributed by atoms with Crippen molar-refractivity contribution in [3.63, 3.8) is 0 Å². The summed E-state index contributed by atoms with van der Waals surface area (Å²) in [7, 11) is 1.61. The second-order valence-electron chi connectivity index (χ2n) is 6.24. The lowest BCUT2D eigenvalue weighted by molar-refractivity contribution is -0.119. The van der Waals surface area contributed by atoms with Crippen molar-refractivity contribution < 1.29 is 19.1 Å². The Bertz CT molecular complexity index is 793. The summed E-state index contributed by atoms with van der Waals surface area (Å²) in [6.07, 6.45) is 0.521. The predicted octanol–water partition coefficient (Wildman–Crippen LogP) is 4.55. The van der Waals surface area contributed by atoms with Gasteiger partial charge in [-0.15, -0.1) is 23.2 Å². The monoisotopic (exact) mass is 423 g/mol. The number of para-hydroxylation sites is 1. The quantitative estimate of drug-likeness (QED) is 0.449. The maximum absolute atomic E-state index is 12.7. The third kappa shape index (κ3) is 6.73. The van der Waals surface area contributed by atoms with E-state index in [0.717, 1.165) is 11.3 Å². The molecule has 28 heavy (non-hydrogen) atoms. The van der Waals surface area contributed by atoms with Crippen LogP contribution in [-0.2, 0) is 11.4 Å². The Morgan fingerprint density at radius 2 is 1.75 bits per heavy atom. The lowest BCUT2D eigenvalue weighted by Gasteiger charge is -2.18. The van der Waals surface area contributed by atoms with E-state index in [9.17, 15) is 9.59 Å². The fourth-order valence-electron chi connectivity index (χ4n) is 2.65. The van der Waals surface area contributed by atoms with Crippen LogP contribution in [0.5, 0.6) is 11.5 Å². The lowest BCUT2D eigenvalue weighted by Crippen LogP contribution is -2.38. The summed E-state index contributed by atoms with van der Waals surface area (Å²) in [6.45, 7) is 1.71. The van der Waals surface area contributed by atoms with Gasteiger partial charge in [-0.05, 0) is 36.2 Å². The predicted molar refractivity (Wildman–Crippen MR) is 110 cm³/mol. The average molecular weight is 424 g/mol. The number of hydrogen-bond donors (Lipinski definition) is 1. The van der Waals surface area contributed by atoms with Gasteiger partial charge >= 0.3 is 0 Å². The molecule has 7 heteroatoms. The van der Waals surface area contributed by atoms with Gasteiger partial charge in [0.25, 0.3) is 0 Å². The maximum atomic E-state index is 12.7. The zero-order chi connectivity index (χ0) is 20.5. The molecule has 0 aromatic heterocycles. The van der Waals surface area contributed by atoms with Gasteiger partial charge in [-0.2, -0.15) is 0 Å². The highest BCUT2D eigenvalue weighted by atomic mass is 35.5. The van der Waals surface area contributed by atoms with Crippen molar-refractivity contribution in [2.24, 2.45) is 0 Å². The number of methoxy groups -OCH3 is 1. The zero-order valence-electron chi connectivity index (χ0n) is 15.8. The van der Waals surface area contributed by atoms with Crippen LogP contribution in [0.4, 0.5) is 0 Å². The Balaban J connectivity index is 2.01. The Kier molecular flexibility index (Phi) is 8.61. The van der Waals surface area contributed by atoms with Crippen LogP contribution >= 0.6 is 23.2 Å². The molecule has 0 aliphatic rings.